The van der Waals surface area contributed by atoms with E-state index < -0.39 is 45.3 Å². The van der Waals surface area contributed by atoms with Crippen LogP contribution in [0.3, 0.4) is 0 Å². The maximum atomic E-state index is 13.0. The molecule has 224 valence electrons. The van der Waals surface area contributed by atoms with Crippen molar-refractivity contribution in [3.05, 3.63) is 100 Å². The molecule has 10 nitrogen and oxygen atoms in total. The number of urea groups is 1. The molecule has 0 atom stereocenters. The van der Waals surface area contributed by atoms with Gasteiger partial charge in [-0.25, -0.2) is 9.78 Å². The molecule has 0 fully saturated rings. The van der Waals surface area contributed by atoms with Crippen molar-refractivity contribution in [3.63, 3.8) is 0 Å². The summed E-state index contributed by atoms with van der Waals surface area (Å²) in [6, 6.07) is 11.9. The molecule has 2 aromatic heterocycles. The maximum Gasteiger partial charge on any atom is 0.416 e. The van der Waals surface area contributed by atoms with Gasteiger partial charge in [-0.2, -0.15) is 34.8 Å². The number of anilines is 2. The normalized spacial score (nSPS) is 11.8. The summed E-state index contributed by atoms with van der Waals surface area (Å²) in [5, 5.41) is 4.29. The lowest BCUT2D eigenvalue weighted by molar-refractivity contribution is -0.143. The standard InChI is InChI=1S/C24H16F6N4O3.CH4O3S/c25-23(26,27)14-9-15(24(28,29)30)11-17(10-14)33-22(36)32-16-4-6-19(7-5-16)37-13-18-12-21(35)34-8-2-1-3-20(34)31-18;1-5(2,3)4/h1-12H,13H2,(H2,32,33,36);1H3,(H,2,3,4). The van der Waals surface area contributed by atoms with E-state index >= 15 is 0 Å². The first-order chi connectivity index (χ1) is 19.4. The van der Waals surface area contributed by atoms with Gasteiger partial charge in [-0.1, -0.05) is 6.07 Å². The van der Waals surface area contributed by atoms with Crippen LogP contribution in [0.1, 0.15) is 16.8 Å². The van der Waals surface area contributed by atoms with Crippen LogP contribution in [0.4, 0.5) is 42.5 Å². The molecule has 0 saturated heterocycles. The van der Waals surface area contributed by atoms with Crippen LogP contribution in [0, 0.1) is 0 Å². The summed E-state index contributed by atoms with van der Waals surface area (Å²) < 4.78 is 111. The predicted octanol–water partition coefficient (Wildman–Crippen LogP) is 5.46. The smallest absolute Gasteiger partial charge is 0.416 e. The fourth-order valence-corrected chi connectivity index (χ4v) is 3.29. The van der Waals surface area contributed by atoms with Crippen LogP contribution in [0.25, 0.3) is 5.65 Å². The number of benzene rings is 2. The van der Waals surface area contributed by atoms with Crippen LogP contribution < -0.4 is 20.9 Å². The highest BCUT2D eigenvalue weighted by Gasteiger charge is 2.37. The summed E-state index contributed by atoms with van der Waals surface area (Å²) in [5.74, 6) is 0.355. The summed E-state index contributed by atoms with van der Waals surface area (Å²) in [6.45, 7) is -0.0228. The van der Waals surface area contributed by atoms with E-state index in [2.05, 4.69) is 10.3 Å². The first-order valence-electron chi connectivity index (χ1n) is 11.4. The number of ether oxygens (including phenoxy) is 1. The van der Waals surface area contributed by atoms with Gasteiger partial charge in [-0.05, 0) is 54.6 Å². The number of halogens is 6. The second-order valence-electron chi connectivity index (χ2n) is 8.43. The molecule has 2 aromatic carbocycles. The number of fused-ring (bicyclic) bond motifs is 1. The van der Waals surface area contributed by atoms with Crippen LogP contribution in [0.2, 0.25) is 0 Å². The zero-order valence-corrected chi connectivity index (χ0v) is 22.0. The van der Waals surface area contributed by atoms with Gasteiger partial charge < -0.3 is 15.4 Å². The highest BCUT2D eigenvalue weighted by Crippen LogP contribution is 2.37. The molecular weight excluding hydrogens is 598 g/mol. The number of nitrogens with one attached hydrogen (secondary N) is 2. The Morgan fingerprint density at radius 3 is 2.00 bits per heavy atom. The van der Waals surface area contributed by atoms with Gasteiger partial charge in [0.15, 0.2) is 0 Å². The van der Waals surface area contributed by atoms with Crippen molar-refractivity contribution < 1.29 is 48.8 Å². The van der Waals surface area contributed by atoms with Crippen molar-refractivity contribution in [1.82, 2.24) is 9.38 Å². The molecule has 0 aliphatic heterocycles. The Balaban J connectivity index is 0.000000892. The quantitative estimate of drug-likeness (QED) is 0.199. The van der Waals surface area contributed by atoms with E-state index in [1.807, 2.05) is 5.32 Å². The van der Waals surface area contributed by atoms with Crippen molar-refractivity contribution >= 4 is 33.2 Å². The van der Waals surface area contributed by atoms with Crippen LogP contribution >= 0.6 is 0 Å². The Kier molecular flexibility index (Phi) is 9.47. The molecule has 4 aromatic rings. The van der Waals surface area contributed by atoms with E-state index in [1.165, 1.54) is 34.7 Å². The van der Waals surface area contributed by atoms with Gasteiger partial charge in [0.05, 0.1) is 23.1 Å². The van der Waals surface area contributed by atoms with Crippen molar-refractivity contribution in [1.29, 1.82) is 0 Å². The van der Waals surface area contributed by atoms with E-state index in [9.17, 15) is 44.3 Å². The lowest BCUT2D eigenvalue weighted by Crippen LogP contribution is -2.20. The van der Waals surface area contributed by atoms with Crippen molar-refractivity contribution in [3.8, 4) is 5.75 Å². The maximum absolute atomic E-state index is 13.0. The van der Waals surface area contributed by atoms with Gasteiger partial charge in [0.1, 0.15) is 18.0 Å². The monoisotopic (exact) mass is 618 g/mol. The first-order valence-corrected chi connectivity index (χ1v) is 13.2. The minimum Gasteiger partial charge on any atom is -0.487 e. The molecule has 17 heteroatoms. The van der Waals surface area contributed by atoms with Crippen molar-refractivity contribution in [2.45, 2.75) is 19.0 Å². The predicted molar refractivity (Wildman–Crippen MR) is 139 cm³/mol. The van der Waals surface area contributed by atoms with Gasteiger partial charge in [0.25, 0.3) is 15.7 Å². The van der Waals surface area contributed by atoms with E-state index in [4.69, 9.17) is 9.29 Å². The third-order valence-corrected chi connectivity index (χ3v) is 4.97. The second-order valence-corrected chi connectivity index (χ2v) is 9.90. The zero-order valence-electron chi connectivity index (χ0n) is 21.2. The SMILES string of the molecule is CS(=O)(=O)O.O=C(Nc1ccc(OCc2cc(=O)n3ccccc3n2)cc1)Nc1cc(C(F)(F)F)cc(C(F)(F)F)c1. The van der Waals surface area contributed by atoms with Crippen molar-refractivity contribution in [2.75, 3.05) is 16.9 Å². The molecule has 0 bridgehead atoms. The van der Waals surface area contributed by atoms with Crippen LogP contribution in [0.15, 0.2) is 77.7 Å². The number of carbonyl (C=O) groups is 1. The molecule has 3 N–H and O–H groups in total. The molecule has 42 heavy (non-hydrogen) atoms. The Labute approximate surface area is 233 Å². The second kappa shape index (κ2) is 12.5. The van der Waals surface area contributed by atoms with Gasteiger partial charge in [0.2, 0.25) is 0 Å². The van der Waals surface area contributed by atoms with Crippen LogP contribution in [-0.2, 0) is 29.1 Å². The number of aromatic nitrogens is 2. The topological polar surface area (TPSA) is 139 Å². The molecule has 2 heterocycles. The summed E-state index contributed by atoms with van der Waals surface area (Å²) in [7, 11) is -3.67. The molecular formula is C25H20F6N4O6S. The van der Waals surface area contributed by atoms with Crippen molar-refractivity contribution in [2.24, 2.45) is 0 Å². The summed E-state index contributed by atoms with van der Waals surface area (Å²) in [5.41, 5.74) is -3.05. The highest BCUT2D eigenvalue weighted by molar-refractivity contribution is 7.85. The number of carbonyl (C=O) groups excluding carboxylic acids is 1. The number of pyridine rings is 1. The fourth-order valence-electron chi connectivity index (χ4n) is 3.29. The van der Waals surface area contributed by atoms with E-state index in [-0.39, 0.29) is 23.9 Å². The fraction of sp³-hybridized carbons (Fsp3) is 0.160. The Hall–Kier alpha value is -4.64. The molecule has 0 aliphatic rings. The van der Waals surface area contributed by atoms with E-state index in [1.54, 1.807) is 24.4 Å². The van der Waals surface area contributed by atoms with E-state index in [0.717, 1.165) is 0 Å². The number of hydrogen-bond donors (Lipinski definition) is 3. The summed E-state index contributed by atoms with van der Waals surface area (Å²) in [4.78, 5) is 28.6. The lowest BCUT2D eigenvalue weighted by Gasteiger charge is -2.15. The third-order valence-electron chi connectivity index (χ3n) is 4.97. The highest BCUT2D eigenvalue weighted by atomic mass is 32.2. The van der Waals surface area contributed by atoms with Gasteiger partial charge in [0, 0.05) is 23.6 Å². The molecule has 0 saturated carbocycles. The van der Waals surface area contributed by atoms with Crippen LogP contribution in [-0.4, -0.2) is 34.6 Å². The Morgan fingerprint density at radius 1 is 0.905 bits per heavy atom. The summed E-state index contributed by atoms with van der Waals surface area (Å²) in [6.07, 6.45) is -7.78. The Morgan fingerprint density at radius 2 is 1.45 bits per heavy atom. The molecule has 0 spiro atoms. The number of amides is 2. The minimum atomic E-state index is -5.04. The number of hydrogen-bond acceptors (Lipinski definition) is 6. The zero-order chi connectivity index (χ0) is 31.3. The average molecular weight is 619 g/mol. The molecule has 0 aliphatic carbocycles. The largest absolute Gasteiger partial charge is 0.487 e. The number of alkyl halides is 6. The summed E-state index contributed by atoms with van der Waals surface area (Å²) >= 11 is 0. The number of nitrogens with zero attached hydrogens (tertiary/aromatic N) is 2. The Bertz CT molecular complexity index is 1700. The molecule has 2 amide bonds. The van der Waals surface area contributed by atoms with Gasteiger partial charge >= 0.3 is 18.4 Å². The molecule has 0 unspecified atom stereocenters. The minimum absolute atomic E-state index is 0.0228. The van der Waals surface area contributed by atoms with Gasteiger partial charge in [-0.15, -0.1) is 0 Å². The molecule has 0 radical (unpaired) electrons. The van der Waals surface area contributed by atoms with E-state index in [0.29, 0.717) is 35.5 Å². The average Bonchev–Trinajstić information content (AvgIpc) is 2.86. The lowest BCUT2D eigenvalue weighted by atomic mass is 10.1. The van der Waals surface area contributed by atoms with Crippen LogP contribution in [0.5, 0.6) is 5.75 Å². The first kappa shape index (κ1) is 31.9. The third kappa shape index (κ3) is 9.77. The number of rotatable bonds is 5. The molecule has 4 rings (SSSR count). The van der Waals surface area contributed by atoms with Gasteiger partial charge in [-0.3, -0.25) is 13.7 Å².